The van der Waals surface area contributed by atoms with Crippen LogP contribution in [0.4, 0.5) is 5.69 Å². The van der Waals surface area contributed by atoms with E-state index in [0.717, 1.165) is 51.0 Å². The summed E-state index contributed by atoms with van der Waals surface area (Å²) in [6.45, 7) is 10.5. The highest BCUT2D eigenvalue weighted by Crippen LogP contribution is 2.27. The minimum absolute atomic E-state index is 0.346. The lowest BCUT2D eigenvalue weighted by Crippen LogP contribution is -2.52. The third-order valence-electron chi connectivity index (χ3n) is 3.84. The highest BCUT2D eigenvalue weighted by molar-refractivity contribution is 5.80. The molecule has 1 saturated heterocycles. The lowest BCUT2D eigenvalue weighted by molar-refractivity contribution is 0.155. The van der Waals surface area contributed by atoms with Crippen molar-refractivity contribution in [1.82, 2.24) is 10.2 Å². The van der Waals surface area contributed by atoms with E-state index in [0.29, 0.717) is 18.9 Å². The van der Waals surface area contributed by atoms with Gasteiger partial charge in [-0.1, -0.05) is 12.1 Å². The molecule has 0 bridgehead atoms. The zero-order valence-corrected chi connectivity index (χ0v) is 14.2. The molecule has 0 unspecified atom stereocenters. The van der Waals surface area contributed by atoms with Crippen LogP contribution in [0.3, 0.4) is 0 Å². The number of aliphatic imine (C=N–C) groups is 1. The smallest absolute Gasteiger partial charge is 0.194 e. The molecule has 1 fully saturated rings. The Morgan fingerprint density at radius 1 is 1.22 bits per heavy atom. The van der Waals surface area contributed by atoms with Crippen LogP contribution in [0.1, 0.15) is 13.8 Å². The quantitative estimate of drug-likeness (QED) is 0.473. The van der Waals surface area contributed by atoms with Crippen molar-refractivity contribution in [2.24, 2.45) is 4.99 Å². The molecule has 0 amide bonds. The summed E-state index contributed by atoms with van der Waals surface area (Å²) < 4.78 is 5.35. The van der Waals surface area contributed by atoms with Crippen molar-refractivity contribution in [1.29, 1.82) is 0 Å². The summed E-state index contributed by atoms with van der Waals surface area (Å²) in [6.07, 6.45) is 0. The highest BCUT2D eigenvalue weighted by atomic mass is 16.5. The first-order valence-electron chi connectivity index (χ1n) is 8.40. The van der Waals surface area contributed by atoms with E-state index in [1.165, 1.54) is 0 Å². The number of hydrogen-bond acceptors (Lipinski definition) is 4. The SMILES string of the molecule is CCNC(=NCCOCC)N1CCN(c2ccccc2O)CC1. The fraction of sp³-hybridized carbons (Fsp3) is 0.588. The van der Waals surface area contributed by atoms with Gasteiger partial charge in [-0.3, -0.25) is 4.99 Å². The molecule has 0 saturated carbocycles. The number of aromatic hydroxyl groups is 1. The second-order valence-corrected chi connectivity index (χ2v) is 5.40. The summed E-state index contributed by atoms with van der Waals surface area (Å²) in [4.78, 5) is 9.12. The zero-order valence-electron chi connectivity index (χ0n) is 14.2. The Morgan fingerprint density at radius 3 is 2.61 bits per heavy atom. The van der Waals surface area contributed by atoms with Crippen LogP contribution in [-0.2, 0) is 4.74 Å². The molecular formula is C17H28N4O2. The van der Waals surface area contributed by atoms with Gasteiger partial charge in [0.2, 0.25) is 0 Å². The van der Waals surface area contributed by atoms with Crippen molar-refractivity contribution < 1.29 is 9.84 Å². The number of nitrogens with one attached hydrogen (secondary N) is 1. The van der Waals surface area contributed by atoms with Gasteiger partial charge < -0.3 is 25.0 Å². The Hall–Kier alpha value is -1.95. The van der Waals surface area contributed by atoms with Crippen LogP contribution >= 0.6 is 0 Å². The van der Waals surface area contributed by atoms with Crippen LogP contribution in [0.25, 0.3) is 0 Å². The maximum Gasteiger partial charge on any atom is 0.194 e. The van der Waals surface area contributed by atoms with Gasteiger partial charge in [0.1, 0.15) is 5.75 Å². The number of phenolic OH excluding ortho intramolecular Hbond substituents is 1. The van der Waals surface area contributed by atoms with E-state index in [2.05, 4.69) is 27.0 Å². The maximum absolute atomic E-state index is 9.98. The second kappa shape index (κ2) is 9.25. The van der Waals surface area contributed by atoms with Crippen molar-refractivity contribution in [3.05, 3.63) is 24.3 Å². The van der Waals surface area contributed by atoms with Crippen LogP contribution in [0.15, 0.2) is 29.3 Å². The van der Waals surface area contributed by atoms with Crippen LogP contribution in [0, 0.1) is 0 Å². The minimum Gasteiger partial charge on any atom is -0.506 e. The lowest BCUT2D eigenvalue weighted by atomic mass is 10.2. The predicted molar refractivity (Wildman–Crippen MR) is 94.4 cm³/mol. The van der Waals surface area contributed by atoms with Gasteiger partial charge in [-0.25, -0.2) is 0 Å². The fourth-order valence-corrected chi connectivity index (χ4v) is 2.68. The topological polar surface area (TPSA) is 60.3 Å². The first-order chi connectivity index (χ1) is 11.3. The average molecular weight is 320 g/mol. The standard InChI is InChI=1S/C17H28N4O2/c1-3-18-17(19-9-14-23-4-2)21-12-10-20(11-13-21)15-7-5-6-8-16(15)22/h5-8,22H,3-4,9-14H2,1-2H3,(H,18,19). The largest absolute Gasteiger partial charge is 0.506 e. The van der Waals surface area contributed by atoms with E-state index >= 15 is 0 Å². The minimum atomic E-state index is 0.346. The Morgan fingerprint density at radius 2 is 1.96 bits per heavy atom. The van der Waals surface area contributed by atoms with Crippen LogP contribution in [-0.4, -0.2) is 68.4 Å². The number of ether oxygens (including phenoxy) is 1. The van der Waals surface area contributed by atoms with E-state index in [1.807, 2.05) is 25.1 Å². The molecule has 1 aromatic carbocycles. The molecule has 23 heavy (non-hydrogen) atoms. The van der Waals surface area contributed by atoms with E-state index in [1.54, 1.807) is 6.07 Å². The monoisotopic (exact) mass is 320 g/mol. The molecule has 2 rings (SSSR count). The van der Waals surface area contributed by atoms with Gasteiger partial charge in [0.25, 0.3) is 0 Å². The van der Waals surface area contributed by atoms with Crippen molar-refractivity contribution in [2.45, 2.75) is 13.8 Å². The molecule has 1 aliphatic heterocycles. The summed E-state index contributed by atoms with van der Waals surface area (Å²) in [5.41, 5.74) is 0.908. The van der Waals surface area contributed by atoms with E-state index in [9.17, 15) is 5.11 Å². The van der Waals surface area contributed by atoms with Gasteiger partial charge in [-0.15, -0.1) is 0 Å². The van der Waals surface area contributed by atoms with E-state index in [4.69, 9.17) is 4.74 Å². The number of guanidine groups is 1. The van der Waals surface area contributed by atoms with Gasteiger partial charge in [0.05, 0.1) is 18.8 Å². The van der Waals surface area contributed by atoms with E-state index < -0.39 is 0 Å². The van der Waals surface area contributed by atoms with Gasteiger partial charge in [-0.05, 0) is 26.0 Å². The molecular weight excluding hydrogens is 292 g/mol. The molecule has 0 aromatic heterocycles. The Kier molecular flexibility index (Phi) is 7.00. The Labute approximate surface area is 138 Å². The first kappa shape index (κ1) is 17.4. The molecule has 2 N–H and O–H groups in total. The molecule has 1 aromatic rings. The number of para-hydroxylation sites is 2. The third kappa shape index (κ3) is 5.03. The van der Waals surface area contributed by atoms with Crippen LogP contribution < -0.4 is 10.2 Å². The summed E-state index contributed by atoms with van der Waals surface area (Å²) >= 11 is 0. The number of anilines is 1. The molecule has 6 nitrogen and oxygen atoms in total. The highest BCUT2D eigenvalue weighted by Gasteiger charge is 2.21. The fourth-order valence-electron chi connectivity index (χ4n) is 2.68. The molecule has 0 spiro atoms. The number of nitrogens with zero attached hydrogens (tertiary/aromatic N) is 3. The Bertz CT molecular complexity index is 499. The number of hydrogen-bond donors (Lipinski definition) is 2. The number of piperazine rings is 1. The third-order valence-corrected chi connectivity index (χ3v) is 3.84. The summed E-state index contributed by atoms with van der Waals surface area (Å²) in [6, 6.07) is 7.51. The van der Waals surface area contributed by atoms with Gasteiger partial charge in [0, 0.05) is 39.3 Å². The van der Waals surface area contributed by atoms with Crippen molar-refractivity contribution in [3.8, 4) is 5.75 Å². The molecule has 0 atom stereocenters. The summed E-state index contributed by atoms with van der Waals surface area (Å²) in [5.74, 6) is 1.29. The zero-order chi connectivity index (χ0) is 16.5. The van der Waals surface area contributed by atoms with Crippen LogP contribution in [0.5, 0.6) is 5.75 Å². The first-order valence-corrected chi connectivity index (χ1v) is 8.40. The van der Waals surface area contributed by atoms with Gasteiger partial charge in [-0.2, -0.15) is 0 Å². The van der Waals surface area contributed by atoms with Crippen molar-refractivity contribution in [3.63, 3.8) is 0 Å². The average Bonchev–Trinajstić information content (AvgIpc) is 2.58. The van der Waals surface area contributed by atoms with Crippen LogP contribution in [0.2, 0.25) is 0 Å². The van der Waals surface area contributed by atoms with Crippen molar-refractivity contribution >= 4 is 11.6 Å². The number of phenols is 1. The normalized spacial score (nSPS) is 15.8. The molecule has 128 valence electrons. The van der Waals surface area contributed by atoms with E-state index in [-0.39, 0.29) is 0 Å². The van der Waals surface area contributed by atoms with Gasteiger partial charge in [0.15, 0.2) is 5.96 Å². The maximum atomic E-state index is 9.98. The molecule has 1 heterocycles. The summed E-state index contributed by atoms with van der Waals surface area (Å²) in [5, 5.41) is 13.3. The van der Waals surface area contributed by atoms with Gasteiger partial charge >= 0.3 is 0 Å². The second-order valence-electron chi connectivity index (χ2n) is 5.40. The Balaban J connectivity index is 1.91. The molecule has 0 aliphatic carbocycles. The van der Waals surface area contributed by atoms with Crippen molar-refractivity contribution in [2.75, 3.05) is 57.4 Å². The molecule has 1 aliphatic rings. The molecule has 0 radical (unpaired) electrons. The summed E-state index contributed by atoms with van der Waals surface area (Å²) in [7, 11) is 0. The molecule has 6 heteroatoms. The number of rotatable bonds is 6. The number of benzene rings is 1. The lowest BCUT2D eigenvalue weighted by Gasteiger charge is -2.37. The predicted octanol–water partition coefficient (Wildman–Crippen LogP) is 1.52.